The summed E-state index contributed by atoms with van der Waals surface area (Å²) in [5.74, 6) is -0.517. The molecule has 0 atom stereocenters. The first-order valence-electron chi connectivity index (χ1n) is 9.58. The summed E-state index contributed by atoms with van der Waals surface area (Å²) in [5.41, 5.74) is 0.709. The van der Waals surface area contributed by atoms with Crippen LogP contribution in [0.3, 0.4) is 0 Å². The number of hydrogen-bond donors (Lipinski definition) is 1. The number of aryl methyl sites for hydroxylation is 1. The van der Waals surface area contributed by atoms with Crippen molar-refractivity contribution < 1.29 is 19.4 Å². The summed E-state index contributed by atoms with van der Waals surface area (Å²) in [7, 11) is 0. The van der Waals surface area contributed by atoms with Crippen LogP contribution in [0.5, 0.6) is 5.75 Å². The molecule has 8 nitrogen and oxygen atoms in total. The van der Waals surface area contributed by atoms with Gasteiger partial charge in [0.25, 0.3) is 5.91 Å². The summed E-state index contributed by atoms with van der Waals surface area (Å²) < 4.78 is 5.60. The van der Waals surface area contributed by atoms with Crippen LogP contribution in [0.1, 0.15) is 37.3 Å². The number of amides is 1. The Bertz CT molecular complexity index is 987. The lowest BCUT2D eigenvalue weighted by atomic mass is 10.2. The van der Waals surface area contributed by atoms with Crippen molar-refractivity contribution in [1.29, 1.82) is 0 Å². The fraction of sp³-hybridized carbons (Fsp3) is 0.350. The number of carbonyl (C=O) groups excluding carboxylic acids is 1. The number of aromatic nitrogens is 2. The van der Waals surface area contributed by atoms with Crippen LogP contribution in [0.15, 0.2) is 34.2 Å². The van der Waals surface area contributed by atoms with Gasteiger partial charge >= 0.3 is 5.97 Å². The first kappa shape index (κ1) is 22.0. The van der Waals surface area contributed by atoms with Crippen molar-refractivity contribution in [2.24, 2.45) is 4.99 Å². The van der Waals surface area contributed by atoms with Crippen molar-refractivity contribution >= 4 is 51.4 Å². The van der Waals surface area contributed by atoms with Gasteiger partial charge in [-0.3, -0.25) is 14.5 Å². The highest BCUT2D eigenvalue weighted by Gasteiger charge is 2.33. The summed E-state index contributed by atoms with van der Waals surface area (Å²) >= 11 is 2.70. The van der Waals surface area contributed by atoms with Gasteiger partial charge in [0, 0.05) is 12.1 Å². The van der Waals surface area contributed by atoms with Gasteiger partial charge in [-0.05, 0) is 36.7 Å². The van der Waals surface area contributed by atoms with Crippen LogP contribution in [0.4, 0.5) is 5.13 Å². The summed E-state index contributed by atoms with van der Waals surface area (Å²) in [6.07, 6.45) is 3.24. The molecule has 158 valence electrons. The van der Waals surface area contributed by atoms with Crippen LogP contribution >= 0.6 is 23.1 Å². The average molecular weight is 447 g/mol. The predicted octanol–water partition coefficient (Wildman–Crippen LogP) is 3.97. The number of thioether (sulfide) groups is 1. The van der Waals surface area contributed by atoms with Gasteiger partial charge in [-0.25, -0.2) is 0 Å². The molecule has 0 spiro atoms. The van der Waals surface area contributed by atoms with Crippen LogP contribution in [-0.4, -0.2) is 50.4 Å². The predicted molar refractivity (Wildman–Crippen MR) is 118 cm³/mol. The van der Waals surface area contributed by atoms with E-state index in [0.717, 1.165) is 17.8 Å². The molecular formula is C20H22N4O4S2. The molecule has 1 saturated heterocycles. The Kier molecular flexibility index (Phi) is 7.58. The molecule has 1 aliphatic rings. The van der Waals surface area contributed by atoms with Gasteiger partial charge in [0.05, 0.1) is 17.9 Å². The second-order valence-corrected chi connectivity index (χ2v) is 8.37. The van der Waals surface area contributed by atoms with E-state index < -0.39 is 5.97 Å². The van der Waals surface area contributed by atoms with Crippen LogP contribution in [0.25, 0.3) is 6.08 Å². The highest BCUT2D eigenvalue weighted by atomic mass is 32.2. The molecule has 0 unspecified atom stereocenters. The fourth-order valence-corrected chi connectivity index (χ4v) is 4.35. The highest BCUT2D eigenvalue weighted by Crippen LogP contribution is 2.36. The molecule has 3 rings (SSSR count). The lowest BCUT2D eigenvalue weighted by Crippen LogP contribution is -2.29. The van der Waals surface area contributed by atoms with E-state index in [9.17, 15) is 9.59 Å². The van der Waals surface area contributed by atoms with Gasteiger partial charge < -0.3 is 9.84 Å². The van der Waals surface area contributed by atoms with Crippen LogP contribution in [0, 0.1) is 0 Å². The Labute approximate surface area is 182 Å². The Morgan fingerprint density at radius 1 is 1.30 bits per heavy atom. The Morgan fingerprint density at radius 3 is 2.80 bits per heavy atom. The summed E-state index contributed by atoms with van der Waals surface area (Å²) in [6, 6.07) is 7.23. The van der Waals surface area contributed by atoms with Gasteiger partial charge in [-0.2, -0.15) is 4.99 Å². The molecule has 1 N–H and O–H groups in total. The molecule has 0 aliphatic carbocycles. The van der Waals surface area contributed by atoms with Crippen molar-refractivity contribution in [3.05, 3.63) is 39.7 Å². The van der Waals surface area contributed by atoms with E-state index in [4.69, 9.17) is 9.84 Å². The molecule has 1 amide bonds. The van der Waals surface area contributed by atoms with Crippen LogP contribution in [0.2, 0.25) is 0 Å². The van der Waals surface area contributed by atoms with Crippen molar-refractivity contribution in [2.45, 2.75) is 33.1 Å². The second kappa shape index (κ2) is 10.4. The standard InChI is InChI=1S/C20H22N4O4S2/c1-3-10-24-18(27)15(29-20(24)21-19-23-22-16(4-2)30-19)12-13-7-5-6-8-14(13)28-11-9-17(25)26/h5-8,12H,3-4,9-11H2,1-2H3,(H,25,26)/b15-12+,21-20+. The van der Waals surface area contributed by atoms with Crippen molar-refractivity contribution in [1.82, 2.24) is 15.1 Å². The molecule has 2 heterocycles. The maximum absolute atomic E-state index is 13.0. The number of para-hydroxylation sites is 1. The fourth-order valence-electron chi connectivity index (χ4n) is 2.65. The number of benzene rings is 1. The minimum atomic E-state index is -0.925. The van der Waals surface area contributed by atoms with E-state index in [-0.39, 0.29) is 18.9 Å². The second-order valence-electron chi connectivity index (χ2n) is 6.32. The maximum Gasteiger partial charge on any atom is 0.306 e. The molecule has 0 radical (unpaired) electrons. The van der Waals surface area contributed by atoms with Gasteiger partial charge in [0.2, 0.25) is 5.13 Å². The zero-order valence-electron chi connectivity index (χ0n) is 16.7. The third kappa shape index (κ3) is 5.45. The Hall–Kier alpha value is -2.72. The molecule has 30 heavy (non-hydrogen) atoms. The van der Waals surface area contributed by atoms with Gasteiger partial charge in [-0.1, -0.05) is 43.4 Å². The Morgan fingerprint density at radius 2 is 2.10 bits per heavy atom. The zero-order valence-corrected chi connectivity index (χ0v) is 18.3. The van der Waals surface area contributed by atoms with Crippen LogP contribution in [-0.2, 0) is 16.0 Å². The number of aliphatic imine (C=N–C) groups is 1. The number of rotatable bonds is 9. The molecule has 2 aromatic rings. The number of nitrogens with zero attached hydrogens (tertiary/aromatic N) is 4. The zero-order chi connectivity index (χ0) is 21.5. The van der Waals surface area contributed by atoms with E-state index in [2.05, 4.69) is 15.2 Å². The lowest BCUT2D eigenvalue weighted by molar-refractivity contribution is -0.137. The number of aliphatic carboxylic acids is 1. The number of ether oxygens (including phenoxy) is 1. The number of hydrogen-bond acceptors (Lipinski definition) is 8. The van der Waals surface area contributed by atoms with Crippen LogP contribution < -0.4 is 4.74 Å². The molecule has 1 aromatic carbocycles. The topological polar surface area (TPSA) is 105 Å². The molecule has 10 heteroatoms. The third-order valence-corrected chi connectivity index (χ3v) is 6.03. The molecule has 1 fully saturated rings. The summed E-state index contributed by atoms with van der Waals surface area (Å²) in [4.78, 5) is 30.4. The summed E-state index contributed by atoms with van der Waals surface area (Å²) in [5, 5.41) is 19.0. The number of amidine groups is 1. The normalized spacial score (nSPS) is 16.6. The maximum atomic E-state index is 13.0. The number of carbonyl (C=O) groups is 2. The minimum absolute atomic E-state index is 0.0576. The molecular weight excluding hydrogens is 424 g/mol. The molecule has 0 saturated carbocycles. The van der Waals surface area contributed by atoms with Gasteiger partial charge in [-0.15, -0.1) is 10.2 Å². The number of carboxylic acids is 1. The monoisotopic (exact) mass is 446 g/mol. The average Bonchev–Trinajstić information content (AvgIpc) is 3.29. The van der Waals surface area contributed by atoms with Gasteiger partial charge in [0.15, 0.2) is 5.17 Å². The van der Waals surface area contributed by atoms with Crippen molar-refractivity contribution in [3.8, 4) is 5.75 Å². The van der Waals surface area contributed by atoms with E-state index in [1.807, 2.05) is 26.0 Å². The largest absolute Gasteiger partial charge is 0.492 e. The Balaban J connectivity index is 1.86. The highest BCUT2D eigenvalue weighted by molar-refractivity contribution is 8.18. The smallest absolute Gasteiger partial charge is 0.306 e. The molecule has 1 aliphatic heterocycles. The third-order valence-electron chi connectivity index (χ3n) is 4.06. The van der Waals surface area contributed by atoms with E-state index >= 15 is 0 Å². The van der Waals surface area contributed by atoms with E-state index in [1.54, 1.807) is 23.1 Å². The quantitative estimate of drug-likeness (QED) is 0.581. The van der Waals surface area contributed by atoms with Gasteiger partial charge in [0.1, 0.15) is 10.8 Å². The molecule has 1 aromatic heterocycles. The van der Waals surface area contributed by atoms with E-state index in [1.165, 1.54) is 23.1 Å². The lowest BCUT2D eigenvalue weighted by Gasteiger charge is -2.13. The minimum Gasteiger partial charge on any atom is -0.492 e. The van der Waals surface area contributed by atoms with E-state index in [0.29, 0.717) is 33.1 Å². The number of carboxylic acid groups (broad SMARTS) is 1. The SMILES string of the molecule is CCCN1C(=O)/C(=C\c2ccccc2OCCC(=O)O)S/C1=N/c1nnc(CC)s1. The first-order chi connectivity index (χ1) is 14.5. The first-order valence-corrected chi connectivity index (χ1v) is 11.2. The molecule has 0 bridgehead atoms. The summed E-state index contributed by atoms with van der Waals surface area (Å²) in [6.45, 7) is 4.62. The van der Waals surface area contributed by atoms with Crippen molar-refractivity contribution in [2.75, 3.05) is 13.2 Å². The van der Waals surface area contributed by atoms with Crippen molar-refractivity contribution in [3.63, 3.8) is 0 Å².